The molecule has 0 fully saturated rings. The molecule has 0 spiro atoms. The highest BCUT2D eigenvalue weighted by Gasteiger charge is 2.16. The molecular formula is C18H19N3O4S. The average Bonchev–Trinajstić information content (AvgIpc) is 3.12. The lowest BCUT2D eigenvalue weighted by Crippen LogP contribution is -2.41. The Labute approximate surface area is 153 Å². The molecule has 1 amide bonds. The van der Waals surface area contributed by atoms with Crippen molar-refractivity contribution in [3.05, 3.63) is 62.6 Å². The van der Waals surface area contributed by atoms with E-state index < -0.39 is 5.69 Å². The number of nitrogens with one attached hydrogen (secondary N) is 1. The third-order valence-corrected chi connectivity index (χ3v) is 4.82. The lowest BCUT2D eigenvalue weighted by Gasteiger charge is -2.12. The van der Waals surface area contributed by atoms with Gasteiger partial charge in [-0.05, 0) is 30.0 Å². The minimum atomic E-state index is -0.486. The normalized spacial score (nSPS) is 11.0. The molecule has 0 aliphatic rings. The highest BCUT2D eigenvalue weighted by Crippen LogP contribution is 2.15. The molecule has 2 heterocycles. The summed E-state index contributed by atoms with van der Waals surface area (Å²) in [4.78, 5) is 37.7. The van der Waals surface area contributed by atoms with E-state index in [9.17, 15) is 14.4 Å². The van der Waals surface area contributed by atoms with E-state index in [-0.39, 0.29) is 24.6 Å². The van der Waals surface area contributed by atoms with E-state index in [0.29, 0.717) is 28.9 Å². The first-order valence-corrected chi connectivity index (χ1v) is 9.04. The van der Waals surface area contributed by atoms with Gasteiger partial charge in [0.15, 0.2) is 0 Å². The molecule has 3 rings (SSSR count). The van der Waals surface area contributed by atoms with Crippen molar-refractivity contribution >= 4 is 33.1 Å². The van der Waals surface area contributed by atoms with Crippen LogP contribution in [0.5, 0.6) is 0 Å². The summed E-state index contributed by atoms with van der Waals surface area (Å²) in [6, 6.07) is 10.7. The third kappa shape index (κ3) is 3.76. The predicted molar refractivity (Wildman–Crippen MR) is 102 cm³/mol. The molecular weight excluding hydrogens is 354 g/mol. The maximum Gasteiger partial charge on any atom is 0.332 e. The number of carbonyl (C=O) groups excluding carboxylic acids is 1. The van der Waals surface area contributed by atoms with Gasteiger partial charge in [0.2, 0.25) is 5.91 Å². The quantitative estimate of drug-likeness (QED) is 0.641. The summed E-state index contributed by atoms with van der Waals surface area (Å²) >= 11 is 1.27. The van der Waals surface area contributed by atoms with Crippen LogP contribution in [0.3, 0.4) is 0 Å². The zero-order valence-electron chi connectivity index (χ0n) is 14.3. The van der Waals surface area contributed by atoms with E-state index in [0.717, 1.165) is 0 Å². The van der Waals surface area contributed by atoms with Gasteiger partial charge in [-0.1, -0.05) is 18.2 Å². The van der Waals surface area contributed by atoms with Crippen LogP contribution in [0, 0.1) is 0 Å². The van der Waals surface area contributed by atoms with E-state index >= 15 is 0 Å². The number of amides is 1. The number of rotatable bonds is 7. The Morgan fingerprint density at radius 3 is 2.65 bits per heavy atom. The fourth-order valence-electron chi connectivity index (χ4n) is 2.72. The Morgan fingerprint density at radius 2 is 1.92 bits per heavy atom. The molecule has 0 aliphatic carbocycles. The van der Waals surface area contributed by atoms with E-state index in [1.807, 2.05) is 18.2 Å². The smallest absolute Gasteiger partial charge is 0.332 e. The van der Waals surface area contributed by atoms with Gasteiger partial charge in [-0.15, -0.1) is 11.3 Å². The zero-order chi connectivity index (χ0) is 18.5. The van der Waals surface area contributed by atoms with Crippen molar-refractivity contribution in [1.82, 2.24) is 9.13 Å². The number of carbonyl (C=O) groups is 1. The Bertz CT molecular complexity index is 1020. The van der Waals surface area contributed by atoms with Crippen molar-refractivity contribution < 1.29 is 9.53 Å². The Hall–Kier alpha value is -2.71. The van der Waals surface area contributed by atoms with Gasteiger partial charge in [0.1, 0.15) is 11.2 Å². The summed E-state index contributed by atoms with van der Waals surface area (Å²) in [5.74, 6) is -0.326. The number of fused-ring (bicyclic) bond motifs is 1. The molecule has 8 heteroatoms. The van der Waals surface area contributed by atoms with Crippen LogP contribution in [-0.2, 0) is 22.6 Å². The molecule has 2 aromatic heterocycles. The SMILES string of the molecule is COCCCn1c(=O)c2sccc2n(CC(=O)Nc2ccccc2)c1=O. The number of methoxy groups -OCH3 is 1. The van der Waals surface area contributed by atoms with Gasteiger partial charge >= 0.3 is 5.69 Å². The van der Waals surface area contributed by atoms with Gasteiger partial charge < -0.3 is 10.1 Å². The van der Waals surface area contributed by atoms with E-state index in [1.54, 1.807) is 30.7 Å². The molecule has 0 radical (unpaired) electrons. The summed E-state index contributed by atoms with van der Waals surface area (Å²) in [5.41, 5.74) is 0.327. The summed E-state index contributed by atoms with van der Waals surface area (Å²) in [5, 5.41) is 4.50. The van der Waals surface area contributed by atoms with Crippen LogP contribution >= 0.6 is 11.3 Å². The van der Waals surface area contributed by atoms with E-state index in [4.69, 9.17) is 4.74 Å². The fourth-order valence-corrected chi connectivity index (χ4v) is 3.56. The molecule has 0 bridgehead atoms. The monoisotopic (exact) mass is 373 g/mol. The number of anilines is 1. The van der Waals surface area contributed by atoms with Crippen LogP contribution < -0.4 is 16.6 Å². The molecule has 0 atom stereocenters. The molecule has 0 saturated carbocycles. The molecule has 0 saturated heterocycles. The second-order valence-corrected chi connectivity index (χ2v) is 6.64. The standard InChI is InChI=1S/C18H19N3O4S/c1-25-10-5-9-20-17(23)16-14(8-11-26-16)21(18(20)24)12-15(22)19-13-6-3-2-4-7-13/h2-4,6-8,11H,5,9-10,12H2,1H3,(H,19,22). The molecule has 7 nitrogen and oxygen atoms in total. The fraction of sp³-hybridized carbons (Fsp3) is 0.278. The van der Waals surface area contributed by atoms with E-state index in [1.165, 1.54) is 20.5 Å². The van der Waals surface area contributed by atoms with Gasteiger partial charge in [0.05, 0.1) is 5.52 Å². The molecule has 136 valence electrons. The van der Waals surface area contributed by atoms with Crippen molar-refractivity contribution in [2.24, 2.45) is 0 Å². The Morgan fingerprint density at radius 1 is 1.15 bits per heavy atom. The van der Waals surface area contributed by atoms with Crippen LogP contribution in [0.15, 0.2) is 51.4 Å². The molecule has 1 N–H and O–H groups in total. The number of para-hydroxylation sites is 1. The lowest BCUT2D eigenvalue weighted by molar-refractivity contribution is -0.116. The van der Waals surface area contributed by atoms with Gasteiger partial charge in [0, 0.05) is 25.9 Å². The molecule has 0 aliphatic heterocycles. The van der Waals surface area contributed by atoms with Gasteiger partial charge in [-0.3, -0.25) is 18.7 Å². The Kier molecular flexibility index (Phi) is 5.65. The first kappa shape index (κ1) is 18.1. The second-order valence-electron chi connectivity index (χ2n) is 5.72. The van der Waals surface area contributed by atoms with Crippen LogP contribution in [0.25, 0.3) is 10.2 Å². The van der Waals surface area contributed by atoms with Crippen LogP contribution in [0.4, 0.5) is 5.69 Å². The molecule has 0 unspecified atom stereocenters. The third-order valence-electron chi connectivity index (χ3n) is 3.93. The summed E-state index contributed by atoms with van der Waals surface area (Å²) in [7, 11) is 1.57. The van der Waals surface area contributed by atoms with Gasteiger partial charge in [0.25, 0.3) is 5.56 Å². The molecule has 3 aromatic rings. The number of nitrogens with zero attached hydrogens (tertiary/aromatic N) is 2. The molecule has 1 aromatic carbocycles. The topological polar surface area (TPSA) is 82.3 Å². The number of thiophene rings is 1. The highest BCUT2D eigenvalue weighted by molar-refractivity contribution is 7.17. The average molecular weight is 373 g/mol. The number of benzene rings is 1. The van der Waals surface area contributed by atoms with Crippen LogP contribution in [0.2, 0.25) is 0 Å². The maximum atomic E-state index is 12.8. The molecule has 26 heavy (non-hydrogen) atoms. The number of hydrogen-bond donors (Lipinski definition) is 1. The van der Waals surface area contributed by atoms with Crippen molar-refractivity contribution in [1.29, 1.82) is 0 Å². The summed E-state index contributed by atoms with van der Waals surface area (Å²) < 4.78 is 7.98. The second kappa shape index (κ2) is 8.11. The van der Waals surface area contributed by atoms with Crippen LogP contribution in [0.1, 0.15) is 6.42 Å². The lowest BCUT2D eigenvalue weighted by atomic mass is 10.3. The van der Waals surface area contributed by atoms with E-state index in [2.05, 4.69) is 5.32 Å². The van der Waals surface area contributed by atoms with Crippen LogP contribution in [-0.4, -0.2) is 28.8 Å². The van der Waals surface area contributed by atoms with Gasteiger partial charge in [-0.2, -0.15) is 0 Å². The zero-order valence-corrected chi connectivity index (χ0v) is 15.1. The van der Waals surface area contributed by atoms with Crippen molar-refractivity contribution in [2.75, 3.05) is 19.0 Å². The van der Waals surface area contributed by atoms with Crippen molar-refractivity contribution in [2.45, 2.75) is 19.5 Å². The summed E-state index contributed by atoms with van der Waals surface area (Å²) in [6.45, 7) is 0.536. The number of ether oxygens (including phenoxy) is 1. The maximum absolute atomic E-state index is 12.8. The minimum absolute atomic E-state index is 0.161. The van der Waals surface area contributed by atoms with Crippen molar-refractivity contribution in [3.8, 4) is 0 Å². The predicted octanol–water partition coefficient (Wildman–Crippen LogP) is 1.90. The summed E-state index contributed by atoms with van der Waals surface area (Å²) in [6.07, 6.45) is 0.540. The minimum Gasteiger partial charge on any atom is -0.385 e. The first-order chi connectivity index (χ1) is 12.6. The van der Waals surface area contributed by atoms with Gasteiger partial charge in [-0.25, -0.2) is 4.79 Å². The highest BCUT2D eigenvalue weighted by atomic mass is 32.1. The van der Waals surface area contributed by atoms with Crippen molar-refractivity contribution in [3.63, 3.8) is 0 Å². The number of aromatic nitrogens is 2. The largest absolute Gasteiger partial charge is 0.385 e. The Balaban J connectivity index is 1.94. The first-order valence-electron chi connectivity index (χ1n) is 8.16. The number of hydrogen-bond acceptors (Lipinski definition) is 5.